The molecule has 0 spiro atoms. The minimum absolute atomic E-state index is 0.0169. The quantitative estimate of drug-likeness (QED) is 0.321. The molecule has 0 fully saturated rings. The predicted molar refractivity (Wildman–Crippen MR) is 136 cm³/mol. The molecule has 1 amide bonds. The minimum atomic E-state index is -0.574. The Morgan fingerprint density at radius 1 is 1.43 bits per heavy atom. The van der Waals surface area contributed by atoms with Crippen LogP contribution >= 0.6 is 11.6 Å². The third-order valence-electron chi connectivity index (χ3n) is 5.53. The first-order chi connectivity index (χ1) is 16.8. The Morgan fingerprint density at radius 2 is 2.23 bits per heavy atom. The SMILES string of the molecule is C=Nc1c(C(=O)NC(C)c2cc3cccc(Cl)c3c(=O)n2CCc2ncn[nH]2)c(N)nn1C=CC. The first kappa shape index (κ1) is 23.9. The van der Waals surface area contributed by atoms with E-state index in [9.17, 15) is 9.59 Å². The molecule has 3 aromatic heterocycles. The molecule has 11 nitrogen and oxygen atoms in total. The molecule has 12 heteroatoms. The number of aromatic nitrogens is 6. The number of nitrogen functional groups attached to an aromatic ring is 1. The molecule has 0 aliphatic heterocycles. The molecule has 3 heterocycles. The standard InChI is InChI=1S/C23H24ClN9O2/c1-4-9-33-21(26-3)19(20(25)31-33)22(34)29-13(2)16-11-14-6-5-7-15(24)18(14)23(35)32(16)10-8-17-27-12-28-30-17/h4-7,9,11-13H,3,8,10H2,1-2H3,(H2,25,31)(H,29,34)(H,27,28,30). The van der Waals surface area contributed by atoms with Crippen molar-refractivity contribution in [3.05, 3.63) is 69.1 Å². The van der Waals surface area contributed by atoms with Crippen molar-refractivity contribution in [2.75, 3.05) is 5.73 Å². The fourth-order valence-electron chi connectivity index (χ4n) is 3.93. The molecular weight excluding hydrogens is 470 g/mol. The van der Waals surface area contributed by atoms with Gasteiger partial charge >= 0.3 is 0 Å². The lowest BCUT2D eigenvalue weighted by Gasteiger charge is -2.21. The van der Waals surface area contributed by atoms with E-state index in [1.807, 2.05) is 6.07 Å². The van der Waals surface area contributed by atoms with E-state index in [4.69, 9.17) is 17.3 Å². The topological polar surface area (TPSA) is 149 Å². The van der Waals surface area contributed by atoms with Crippen LogP contribution in [-0.2, 0) is 13.0 Å². The monoisotopic (exact) mass is 493 g/mol. The number of halogens is 1. The van der Waals surface area contributed by atoms with E-state index in [0.717, 1.165) is 0 Å². The molecular formula is C23H24ClN9O2. The number of hydrogen-bond acceptors (Lipinski definition) is 7. The summed E-state index contributed by atoms with van der Waals surface area (Å²) >= 11 is 6.35. The number of nitrogens with two attached hydrogens (primary N) is 1. The number of amides is 1. The van der Waals surface area contributed by atoms with Crippen molar-refractivity contribution in [3.8, 4) is 0 Å². The van der Waals surface area contributed by atoms with Crippen LogP contribution in [0.1, 0.15) is 41.8 Å². The highest BCUT2D eigenvalue weighted by atomic mass is 35.5. The fraction of sp³-hybridized carbons (Fsp3) is 0.217. The zero-order valence-corrected chi connectivity index (χ0v) is 20.0. The zero-order chi connectivity index (χ0) is 25.1. The van der Waals surface area contributed by atoms with Crippen LogP contribution in [0.15, 0.2) is 46.5 Å². The number of H-pyrrole nitrogens is 1. The number of pyridine rings is 1. The number of rotatable bonds is 8. The van der Waals surface area contributed by atoms with Gasteiger partial charge in [-0.3, -0.25) is 14.7 Å². The number of carbonyl (C=O) groups excluding carboxylic acids is 1. The highest BCUT2D eigenvalue weighted by molar-refractivity contribution is 6.35. The van der Waals surface area contributed by atoms with E-state index in [1.54, 1.807) is 48.9 Å². The number of benzene rings is 1. The molecule has 0 saturated carbocycles. The molecule has 0 aliphatic carbocycles. The van der Waals surface area contributed by atoms with Crippen LogP contribution in [0.2, 0.25) is 5.02 Å². The van der Waals surface area contributed by atoms with E-state index in [2.05, 4.69) is 37.3 Å². The van der Waals surface area contributed by atoms with Crippen molar-refractivity contribution in [2.45, 2.75) is 32.9 Å². The van der Waals surface area contributed by atoms with Gasteiger partial charge in [-0.25, -0.2) is 14.7 Å². The van der Waals surface area contributed by atoms with Gasteiger partial charge in [0.15, 0.2) is 11.6 Å². The largest absolute Gasteiger partial charge is 0.381 e. The van der Waals surface area contributed by atoms with Crippen LogP contribution in [0.4, 0.5) is 11.6 Å². The molecule has 1 atom stereocenters. The van der Waals surface area contributed by atoms with Gasteiger partial charge in [-0.1, -0.05) is 29.8 Å². The van der Waals surface area contributed by atoms with Gasteiger partial charge in [0.05, 0.1) is 16.5 Å². The summed E-state index contributed by atoms with van der Waals surface area (Å²) in [7, 11) is 0. The van der Waals surface area contributed by atoms with Gasteiger partial charge in [0, 0.05) is 24.9 Å². The van der Waals surface area contributed by atoms with Crippen molar-refractivity contribution in [1.29, 1.82) is 0 Å². The summed E-state index contributed by atoms with van der Waals surface area (Å²) in [6, 6.07) is 6.52. The zero-order valence-electron chi connectivity index (χ0n) is 19.2. The number of allylic oxidation sites excluding steroid dienone is 1. The third-order valence-corrected chi connectivity index (χ3v) is 5.84. The average Bonchev–Trinajstić information content (AvgIpc) is 3.45. The highest BCUT2D eigenvalue weighted by Gasteiger charge is 2.24. The second-order valence-corrected chi connectivity index (χ2v) is 8.18. The molecule has 4 rings (SSSR count). The van der Waals surface area contributed by atoms with Gasteiger partial charge in [-0.2, -0.15) is 5.10 Å². The van der Waals surface area contributed by atoms with Gasteiger partial charge < -0.3 is 15.6 Å². The Kier molecular flexibility index (Phi) is 6.78. The van der Waals surface area contributed by atoms with Crippen LogP contribution < -0.4 is 16.6 Å². The van der Waals surface area contributed by atoms with E-state index < -0.39 is 11.9 Å². The normalized spacial score (nSPS) is 12.3. The van der Waals surface area contributed by atoms with Gasteiger partial charge in [-0.05, 0) is 38.1 Å². The molecule has 0 saturated heterocycles. The maximum atomic E-state index is 13.5. The molecule has 4 aromatic rings. The Bertz CT molecular complexity index is 1490. The van der Waals surface area contributed by atoms with Gasteiger partial charge in [0.1, 0.15) is 17.7 Å². The number of hydrogen-bond donors (Lipinski definition) is 3. The van der Waals surface area contributed by atoms with Crippen molar-refractivity contribution < 1.29 is 4.79 Å². The molecule has 1 unspecified atom stereocenters. The van der Waals surface area contributed by atoms with Crippen LogP contribution in [-0.4, -0.2) is 42.2 Å². The van der Waals surface area contributed by atoms with Gasteiger partial charge in [-0.15, -0.1) is 5.10 Å². The van der Waals surface area contributed by atoms with Crippen LogP contribution in [0.5, 0.6) is 0 Å². The van der Waals surface area contributed by atoms with Crippen molar-refractivity contribution in [1.82, 2.24) is 34.8 Å². The summed E-state index contributed by atoms with van der Waals surface area (Å²) in [5.41, 5.74) is 6.43. The summed E-state index contributed by atoms with van der Waals surface area (Å²) in [4.78, 5) is 34.7. The molecule has 180 valence electrons. The van der Waals surface area contributed by atoms with E-state index >= 15 is 0 Å². The molecule has 0 aliphatic rings. The van der Waals surface area contributed by atoms with Crippen LogP contribution in [0.25, 0.3) is 17.0 Å². The summed E-state index contributed by atoms with van der Waals surface area (Å²) in [6.07, 6.45) is 5.19. The van der Waals surface area contributed by atoms with E-state index in [-0.39, 0.29) is 22.8 Å². The number of carbonyl (C=O) groups is 1. The number of anilines is 1. The van der Waals surface area contributed by atoms with Gasteiger partial charge in [0.2, 0.25) is 0 Å². The molecule has 4 N–H and O–H groups in total. The molecule has 0 bridgehead atoms. The highest BCUT2D eigenvalue weighted by Crippen LogP contribution is 2.27. The number of nitrogens with one attached hydrogen (secondary N) is 2. The number of aromatic amines is 1. The predicted octanol–water partition coefficient (Wildman–Crippen LogP) is 3.11. The summed E-state index contributed by atoms with van der Waals surface area (Å²) in [5.74, 6) is 0.375. The lowest BCUT2D eigenvalue weighted by Crippen LogP contribution is -2.33. The summed E-state index contributed by atoms with van der Waals surface area (Å²) in [5, 5.41) is 15.1. The van der Waals surface area contributed by atoms with Crippen molar-refractivity contribution in [2.24, 2.45) is 4.99 Å². The Morgan fingerprint density at radius 3 is 2.91 bits per heavy atom. The van der Waals surface area contributed by atoms with E-state index in [0.29, 0.717) is 40.3 Å². The third kappa shape index (κ3) is 4.58. The molecule has 35 heavy (non-hydrogen) atoms. The maximum absolute atomic E-state index is 13.5. The van der Waals surface area contributed by atoms with Crippen molar-refractivity contribution in [3.63, 3.8) is 0 Å². The molecule has 0 radical (unpaired) electrons. The Labute approximate surface area is 205 Å². The first-order valence-corrected chi connectivity index (χ1v) is 11.2. The van der Waals surface area contributed by atoms with Gasteiger partial charge in [0.25, 0.3) is 11.5 Å². The second-order valence-electron chi connectivity index (χ2n) is 7.78. The van der Waals surface area contributed by atoms with E-state index in [1.165, 1.54) is 11.0 Å². The molecule has 1 aromatic carbocycles. The van der Waals surface area contributed by atoms with Crippen LogP contribution in [0.3, 0.4) is 0 Å². The number of nitrogens with zero attached hydrogens (tertiary/aromatic N) is 6. The van der Waals surface area contributed by atoms with Crippen molar-refractivity contribution >= 4 is 52.8 Å². The summed E-state index contributed by atoms with van der Waals surface area (Å²) < 4.78 is 2.97. The summed E-state index contributed by atoms with van der Waals surface area (Å²) in [6.45, 7) is 7.41. The number of aliphatic imine (C=N–C) groups is 1. The minimum Gasteiger partial charge on any atom is -0.381 e. The number of aryl methyl sites for hydroxylation is 1. The Balaban J connectivity index is 1.74. The fourth-order valence-corrected chi connectivity index (χ4v) is 4.20. The maximum Gasteiger partial charge on any atom is 0.260 e. The number of fused-ring (bicyclic) bond motifs is 1. The second kappa shape index (κ2) is 9.94. The average molecular weight is 494 g/mol. The first-order valence-electron chi connectivity index (χ1n) is 10.8. The Hall–Kier alpha value is -4.25. The smallest absolute Gasteiger partial charge is 0.260 e. The van der Waals surface area contributed by atoms with Crippen LogP contribution in [0, 0.1) is 0 Å². The lowest BCUT2D eigenvalue weighted by atomic mass is 10.1. The lowest BCUT2D eigenvalue weighted by molar-refractivity contribution is 0.0940.